The van der Waals surface area contributed by atoms with E-state index >= 15 is 0 Å². The number of nitrogens with one attached hydrogen (secondary N) is 1. The quantitative estimate of drug-likeness (QED) is 0.462. The molecule has 0 unspecified atom stereocenters. The number of fused-ring (bicyclic) bond motifs is 1. The molecule has 9 heteroatoms. The Hall–Kier alpha value is -4.14. The number of nitrogen functional groups attached to an aromatic ring is 1. The molecule has 2 fully saturated rings. The molecule has 2 aliphatic rings. The summed E-state index contributed by atoms with van der Waals surface area (Å²) in [6, 6.07) is 12.5. The van der Waals surface area contributed by atoms with Crippen molar-refractivity contribution in [2.24, 2.45) is 12.5 Å². The van der Waals surface area contributed by atoms with Crippen LogP contribution in [0, 0.1) is 5.41 Å². The third-order valence-corrected chi connectivity index (χ3v) is 7.27. The number of hydrogen-bond donors (Lipinski definition) is 2. The number of methoxy groups -OCH3 is 1. The highest BCUT2D eigenvalue weighted by Gasteiger charge is 2.52. The lowest BCUT2D eigenvalue weighted by atomic mass is 9.60. The maximum atomic E-state index is 12.5. The number of aryl methyl sites for hydroxylation is 1. The summed E-state index contributed by atoms with van der Waals surface area (Å²) in [7, 11) is 3.35. The summed E-state index contributed by atoms with van der Waals surface area (Å²) in [5, 5.41) is 8.21. The van der Waals surface area contributed by atoms with Crippen molar-refractivity contribution < 1.29 is 9.53 Å². The van der Waals surface area contributed by atoms with E-state index in [1.807, 2.05) is 30.6 Å². The standard InChI is InChI=1S/C26H27N7O2/c1-32-24(27)21(13-29-32)25(34)30-19-9-26(10-19)14-33(15-26)20-8-18(11-28-12-20)16-3-5-22-17(7-16)4-6-23(31-22)35-2/h3-8,11-13,19H,9-10,14-15,27H2,1-2H3,(H,30,34). The number of carbonyl (C=O) groups is 1. The van der Waals surface area contributed by atoms with Gasteiger partial charge >= 0.3 is 0 Å². The Morgan fingerprint density at radius 3 is 2.69 bits per heavy atom. The molecule has 3 aromatic heterocycles. The van der Waals surface area contributed by atoms with Gasteiger partial charge in [-0.3, -0.25) is 14.5 Å². The summed E-state index contributed by atoms with van der Waals surface area (Å²) in [5.74, 6) is 0.855. The van der Waals surface area contributed by atoms with E-state index < -0.39 is 0 Å². The lowest BCUT2D eigenvalue weighted by Crippen LogP contribution is -2.66. The largest absolute Gasteiger partial charge is 0.481 e. The molecular formula is C26H27N7O2. The number of hydrogen-bond acceptors (Lipinski definition) is 7. The minimum atomic E-state index is -0.146. The van der Waals surface area contributed by atoms with Crippen LogP contribution < -0.4 is 20.7 Å². The normalized spacial score (nSPS) is 16.7. The molecule has 1 aliphatic carbocycles. The van der Waals surface area contributed by atoms with Crippen LogP contribution in [0.5, 0.6) is 5.88 Å². The van der Waals surface area contributed by atoms with Crippen LogP contribution in [0.15, 0.2) is 55.0 Å². The van der Waals surface area contributed by atoms with Crippen molar-refractivity contribution >= 4 is 28.3 Å². The number of aromatic nitrogens is 4. The summed E-state index contributed by atoms with van der Waals surface area (Å²) < 4.78 is 6.73. The van der Waals surface area contributed by atoms with Crippen LogP contribution in [0.4, 0.5) is 11.5 Å². The molecular weight excluding hydrogens is 442 g/mol. The molecule has 1 aliphatic heterocycles. The zero-order chi connectivity index (χ0) is 24.2. The average Bonchev–Trinajstić information content (AvgIpc) is 3.17. The topological polar surface area (TPSA) is 111 Å². The fourth-order valence-corrected chi connectivity index (χ4v) is 5.34. The second-order valence-corrected chi connectivity index (χ2v) is 9.69. The van der Waals surface area contributed by atoms with Crippen molar-refractivity contribution in [3.8, 4) is 17.0 Å². The monoisotopic (exact) mass is 469 g/mol. The highest BCUT2D eigenvalue weighted by atomic mass is 16.5. The van der Waals surface area contributed by atoms with Gasteiger partial charge in [0.1, 0.15) is 11.4 Å². The minimum Gasteiger partial charge on any atom is -0.481 e. The van der Waals surface area contributed by atoms with Crippen LogP contribution in [0.3, 0.4) is 0 Å². The van der Waals surface area contributed by atoms with E-state index in [1.54, 1.807) is 14.2 Å². The number of ether oxygens (including phenoxy) is 1. The number of nitrogens with zero attached hydrogens (tertiary/aromatic N) is 5. The molecule has 1 amide bonds. The van der Waals surface area contributed by atoms with Crippen molar-refractivity contribution in [2.45, 2.75) is 18.9 Å². The van der Waals surface area contributed by atoms with E-state index in [2.05, 4.69) is 43.5 Å². The zero-order valence-electron chi connectivity index (χ0n) is 19.7. The smallest absolute Gasteiger partial charge is 0.256 e. The molecule has 1 aromatic carbocycles. The van der Waals surface area contributed by atoms with Gasteiger partial charge in [-0.2, -0.15) is 5.10 Å². The van der Waals surface area contributed by atoms with Crippen molar-refractivity contribution in [1.82, 2.24) is 25.1 Å². The SMILES string of the molecule is COc1ccc2cc(-c3cncc(N4CC5(CC(NC(=O)c6cnn(C)c6N)C5)C4)c3)ccc2n1. The Bertz CT molecular complexity index is 1430. The molecule has 3 N–H and O–H groups in total. The number of pyridine rings is 2. The van der Waals surface area contributed by atoms with E-state index in [0.717, 1.165) is 53.6 Å². The van der Waals surface area contributed by atoms with Crippen LogP contribution in [0.1, 0.15) is 23.2 Å². The highest BCUT2D eigenvalue weighted by Crippen LogP contribution is 2.50. The number of amides is 1. The lowest BCUT2D eigenvalue weighted by Gasteiger charge is -2.59. The van der Waals surface area contributed by atoms with Crippen molar-refractivity contribution in [1.29, 1.82) is 0 Å². The van der Waals surface area contributed by atoms with Gasteiger partial charge < -0.3 is 20.7 Å². The number of anilines is 2. The lowest BCUT2D eigenvalue weighted by molar-refractivity contribution is 0.0442. The highest BCUT2D eigenvalue weighted by molar-refractivity contribution is 5.98. The first-order valence-electron chi connectivity index (χ1n) is 11.7. The van der Waals surface area contributed by atoms with Crippen LogP contribution >= 0.6 is 0 Å². The van der Waals surface area contributed by atoms with Crippen molar-refractivity contribution in [2.75, 3.05) is 30.8 Å². The molecule has 0 radical (unpaired) electrons. The first-order chi connectivity index (χ1) is 16.9. The average molecular weight is 470 g/mol. The van der Waals surface area contributed by atoms with Gasteiger partial charge in [0.2, 0.25) is 5.88 Å². The zero-order valence-corrected chi connectivity index (χ0v) is 19.7. The van der Waals surface area contributed by atoms with E-state index in [0.29, 0.717) is 17.3 Å². The van der Waals surface area contributed by atoms with Gasteiger partial charge in [-0.15, -0.1) is 0 Å². The predicted octanol–water partition coefficient (Wildman–Crippen LogP) is 3.02. The van der Waals surface area contributed by atoms with E-state index in [9.17, 15) is 4.79 Å². The Balaban J connectivity index is 1.09. The molecule has 1 saturated heterocycles. The van der Waals surface area contributed by atoms with Gasteiger partial charge in [0, 0.05) is 54.8 Å². The van der Waals surface area contributed by atoms with Gasteiger partial charge in [0.05, 0.1) is 30.7 Å². The molecule has 0 atom stereocenters. The van der Waals surface area contributed by atoms with E-state index in [1.165, 1.54) is 10.9 Å². The number of benzene rings is 1. The molecule has 6 rings (SSSR count). The molecule has 1 saturated carbocycles. The van der Waals surface area contributed by atoms with Gasteiger partial charge in [-0.05, 0) is 42.7 Å². The first-order valence-corrected chi connectivity index (χ1v) is 11.7. The Labute approximate surface area is 202 Å². The van der Waals surface area contributed by atoms with Crippen LogP contribution in [-0.4, -0.2) is 51.9 Å². The van der Waals surface area contributed by atoms with E-state index in [4.69, 9.17) is 10.5 Å². The predicted molar refractivity (Wildman–Crippen MR) is 134 cm³/mol. The fourth-order valence-electron chi connectivity index (χ4n) is 5.34. The molecule has 9 nitrogen and oxygen atoms in total. The number of rotatable bonds is 5. The second-order valence-electron chi connectivity index (χ2n) is 9.69. The van der Waals surface area contributed by atoms with Gasteiger partial charge in [-0.1, -0.05) is 6.07 Å². The summed E-state index contributed by atoms with van der Waals surface area (Å²) in [6.07, 6.45) is 7.30. The first kappa shape index (κ1) is 21.4. The Kier molecular flexibility index (Phi) is 4.87. The summed E-state index contributed by atoms with van der Waals surface area (Å²) in [5.41, 5.74) is 10.8. The number of carbonyl (C=O) groups excluding carboxylic acids is 1. The third kappa shape index (κ3) is 3.73. The van der Waals surface area contributed by atoms with E-state index in [-0.39, 0.29) is 17.4 Å². The van der Waals surface area contributed by atoms with Crippen molar-refractivity contribution in [3.05, 3.63) is 60.6 Å². The molecule has 0 bridgehead atoms. The fraction of sp³-hybridized carbons (Fsp3) is 0.308. The molecule has 4 heterocycles. The maximum absolute atomic E-state index is 12.5. The van der Waals surface area contributed by atoms with Crippen LogP contribution in [0.25, 0.3) is 22.0 Å². The molecule has 1 spiro atoms. The van der Waals surface area contributed by atoms with Gasteiger partial charge in [0.15, 0.2) is 0 Å². The summed E-state index contributed by atoms with van der Waals surface area (Å²) >= 11 is 0. The Morgan fingerprint density at radius 1 is 1.11 bits per heavy atom. The molecule has 35 heavy (non-hydrogen) atoms. The van der Waals surface area contributed by atoms with Gasteiger partial charge in [0.25, 0.3) is 5.91 Å². The minimum absolute atomic E-state index is 0.146. The van der Waals surface area contributed by atoms with Crippen LogP contribution in [0.2, 0.25) is 0 Å². The maximum Gasteiger partial charge on any atom is 0.256 e. The Morgan fingerprint density at radius 2 is 1.94 bits per heavy atom. The van der Waals surface area contributed by atoms with Gasteiger partial charge in [-0.25, -0.2) is 4.98 Å². The second kappa shape index (κ2) is 7.97. The summed E-state index contributed by atoms with van der Waals surface area (Å²) in [4.78, 5) is 23.9. The number of nitrogens with two attached hydrogens (primary N) is 1. The van der Waals surface area contributed by atoms with Crippen molar-refractivity contribution in [3.63, 3.8) is 0 Å². The molecule has 178 valence electrons. The summed E-state index contributed by atoms with van der Waals surface area (Å²) in [6.45, 7) is 1.95. The molecule has 4 aromatic rings. The van der Waals surface area contributed by atoms with Crippen LogP contribution in [-0.2, 0) is 7.05 Å². The third-order valence-electron chi connectivity index (χ3n) is 7.27.